The zero-order valence-electron chi connectivity index (χ0n) is 63.7. The van der Waals surface area contributed by atoms with E-state index in [0.29, 0.717) is 25.7 Å². The van der Waals surface area contributed by atoms with Gasteiger partial charge in [0.05, 0.1) is 26.4 Å². The molecule has 0 bridgehead atoms. The van der Waals surface area contributed by atoms with Crippen LogP contribution in [0.25, 0.3) is 0 Å². The van der Waals surface area contributed by atoms with E-state index >= 15 is 0 Å². The summed E-state index contributed by atoms with van der Waals surface area (Å²) in [5.74, 6) is -2.25. The first-order chi connectivity index (χ1) is 49.7. The largest absolute Gasteiger partial charge is 0.472 e. The summed E-state index contributed by atoms with van der Waals surface area (Å²) in [7, 11) is -9.98. The molecule has 0 amide bonds. The van der Waals surface area contributed by atoms with Crippen LogP contribution in [-0.4, -0.2) is 96.7 Å². The Balaban J connectivity index is 5.39. The van der Waals surface area contributed by atoms with Gasteiger partial charge in [-0.3, -0.25) is 37.3 Å². The molecule has 5 unspecified atom stereocenters. The van der Waals surface area contributed by atoms with Crippen molar-refractivity contribution in [2.45, 2.75) is 329 Å². The number of hydrogen-bond acceptors (Lipinski definition) is 15. The van der Waals surface area contributed by atoms with Gasteiger partial charge in [0.15, 0.2) is 12.2 Å². The molecule has 3 N–H and O–H groups in total. The van der Waals surface area contributed by atoms with Gasteiger partial charge in [-0.15, -0.1) is 0 Å². The molecule has 102 heavy (non-hydrogen) atoms. The monoisotopic (exact) mass is 1470 g/mol. The van der Waals surface area contributed by atoms with Crippen molar-refractivity contribution < 1.29 is 80.2 Å². The van der Waals surface area contributed by atoms with E-state index in [4.69, 9.17) is 37.0 Å². The van der Waals surface area contributed by atoms with E-state index in [-0.39, 0.29) is 25.7 Å². The summed E-state index contributed by atoms with van der Waals surface area (Å²) < 4.78 is 68.5. The molecule has 19 heteroatoms. The van der Waals surface area contributed by atoms with Crippen LogP contribution in [0.2, 0.25) is 0 Å². The van der Waals surface area contributed by atoms with Gasteiger partial charge in [0.2, 0.25) is 0 Å². The number of rotatable bonds is 73. The van der Waals surface area contributed by atoms with Gasteiger partial charge in [-0.1, -0.05) is 283 Å². The summed E-state index contributed by atoms with van der Waals surface area (Å²) in [5, 5.41) is 10.6. The summed E-state index contributed by atoms with van der Waals surface area (Å²) in [4.78, 5) is 73.0. The molecule has 0 aliphatic rings. The van der Waals surface area contributed by atoms with E-state index in [0.717, 1.165) is 180 Å². The molecule has 0 heterocycles. The molecule has 5 atom stereocenters. The summed E-state index contributed by atoms with van der Waals surface area (Å²) in [6.07, 6.45) is 82.9. The van der Waals surface area contributed by atoms with Crippen LogP contribution in [0.3, 0.4) is 0 Å². The highest BCUT2D eigenvalue weighted by atomic mass is 31.2. The molecule has 0 rings (SSSR count). The fraction of sp³-hybridized carbons (Fsp3) is 0.687. The molecule has 17 nitrogen and oxygen atoms in total. The lowest BCUT2D eigenvalue weighted by Crippen LogP contribution is -2.30. The van der Waals surface area contributed by atoms with Gasteiger partial charge in [0.25, 0.3) is 0 Å². The molecule has 0 aliphatic heterocycles. The maximum absolute atomic E-state index is 13.1. The number of phosphoric acid groups is 2. The molecular weight excluding hydrogens is 1330 g/mol. The maximum Gasteiger partial charge on any atom is 0.472 e. The van der Waals surface area contributed by atoms with Crippen molar-refractivity contribution in [3.8, 4) is 0 Å². The van der Waals surface area contributed by atoms with Crippen molar-refractivity contribution in [2.75, 3.05) is 39.6 Å². The molecule has 0 spiro atoms. The minimum Gasteiger partial charge on any atom is -0.462 e. The molecule has 0 aromatic rings. The van der Waals surface area contributed by atoms with Gasteiger partial charge in [0, 0.05) is 25.7 Å². The minimum absolute atomic E-state index is 0.0698. The number of aliphatic hydroxyl groups is 1. The van der Waals surface area contributed by atoms with Crippen LogP contribution < -0.4 is 0 Å². The van der Waals surface area contributed by atoms with Gasteiger partial charge in [-0.25, -0.2) is 9.13 Å². The Morgan fingerprint density at radius 2 is 0.529 bits per heavy atom. The number of phosphoric ester groups is 2. The van der Waals surface area contributed by atoms with Crippen molar-refractivity contribution in [2.24, 2.45) is 0 Å². The SMILES string of the molecule is CC/C=C\C/C=C\C/C=C\C/C=C\C/C=C\CCCCCC(=O)OCC(COP(=O)(O)OCC(O)COP(=O)(O)OCC(COC(=O)CCCCCC/C=C\C/C=C\C/C=C\C/C=C\CC)OC(=O)CCCCCCC/C=C\C/C=C\CCC)OC(=O)CCCCCCCCCCCCCCC. The Kier molecular flexibility index (Phi) is 71.0. The summed E-state index contributed by atoms with van der Waals surface area (Å²) in [6.45, 7) is 4.51. The Bertz CT molecular complexity index is 2460. The Morgan fingerprint density at radius 1 is 0.284 bits per heavy atom. The number of allylic oxidation sites excluding steroid dienone is 22. The Hall–Kier alpha value is -4.80. The second kappa shape index (κ2) is 74.5. The van der Waals surface area contributed by atoms with E-state index in [1.165, 1.54) is 51.4 Å². The van der Waals surface area contributed by atoms with Crippen molar-refractivity contribution >= 4 is 39.5 Å². The molecule has 0 aromatic heterocycles. The number of esters is 4. The molecule has 0 aromatic carbocycles. The molecule has 584 valence electrons. The van der Waals surface area contributed by atoms with E-state index in [9.17, 15) is 43.2 Å². The van der Waals surface area contributed by atoms with Crippen LogP contribution in [0.15, 0.2) is 134 Å². The van der Waals surface area contributed by atoms with Crippen LogP contribution >= 0.6 is 15.6 Å². The number of ether oxygens (including phenoxy) is 4. The van der Waals surface area contributed by atoms with Gasteiger partial charge >= 0.3 is 39.5 Å². The van der Waals surface area contributed by atoms with Crippen molar-refractivity contribution in [1.29, 1.82) is 0 Å². The zero-order chi connectivity index (χ0) is 74.6. The lowest BCUT2D eigenvalue weighted by Gasteiger charge is -2.21. The molecule has 0 aliphatic carbocycles. The summed E-state index contributed by atoms with van der Waals surface area (Å²) >= 11 is 0. The van der Waals surface area contributed by atoms with Gasteiger partial charge in [-0.2, -0.15) is 0 Å². The number of unbranched alkanes of at least 4 members (excludes halogenated alkanes) is 25. The Morgan fingerprint density at radius 3 is 0.833 bits per heavy atom. The number of aliphatic hydroxyl groups excluding tert-OH is 1. The van der Waals surface area contributed by atoms with Crippen LogP contribution in [-0.2, 0) is 65.4 Å². The van der Waals surface area contributed by atoms with Crippen LogP contribution in [0.4, 0.5) is 0 Å². The van der Waals surface area contributed by atoms with Crippen molar-refractivity contribution in [1.82, 2.24) is 0 Å². The van der Waals surface area contributed by atoms with Crippen LogP contribution in [0.5, 0.6) is 0 Å². The molecular formula is C83H140O17P2. The van der Waals surface area contributed by atoms with Gasteiger partial charge < -0.3 is 33.8 Å². The van der Waals surface area contributed by atoms with E-state index in [2.05, 4.69) is 161 Å². The molecule has 0 fully saturated rings. The average Bonchev–Trinajstić information content (AvgIpc) is 0.909. The first-order valence-corrected chi connectivity index (χ1v) is 42.4. The van der Waals surface area contributed by atoms with Gasteiger partial charge in [0.1, 0.15) is 19.3 Å². The lowest BCUT2D eigenvalue weighted by molar-refractivity contribution is -0.161. The second-order valence-corrected chi connectivity index (χ2v) is 28.8. The van der Waals surface area contributed by atoms with E-state index in [1.807, 2.05) is 0 Å². The fourth-order valence-corrected chi connectivity index (χ4v) is 11.7. The van der Waals surface area contributed by atoms with Crippen molar-refractivity contribution in [3.05, 3.63) is 134 Å². The molecule has 0 saturated heterocycles. The van der Waals surface area contributed by atoms with Crippen LogP contribution in [0.1, 0.15) is 310 Å². The predicted molar refractivity (Wildman–Crippen MR) is 418 cm³/mol. The minimum atomic E-state index is -4.99. The number of carbonyl (C=O) groups excluding carboxylic acids is 4. The Labute approximate surface area is 618 Å². The molecule has 0 saturated carbocycles. The third-order valence-corrected chi connectivity index (χ3v) is 18.0. The first-order valence-electron chi connectivity index (χ1n) is 39.4. The smallest absolute Gasteiger partial charge is 0.462 e. The number of carbonyl (C=O) groups is 4. The van der Waals surface area contributed by atoms with E-state index in [1.54, 1.807) is 0 Å². The quantitative estimate of drug-likeness (QED) is 0.0169. The average molecular weight is 1470 g/mol. The molecule has 0 radical (unpaired) electrons. The topological polar surface area (TPSA) is 237 Å². The predicted octanol–water partition coefficient (Wildman–Crippen LogP) is 22.9. The highest BCUT2D eigenvalue weighted by molar-refractivity contribution is 7.47. The highest BCUT2D eigenvalue weighted by Crippen LogP contribution is 2.45. The highest BCUT2D eigenvalue weighted by Gasteiger charge is 2.30. The van der Waals surface area contributed by atoms with Crippen molar-refractivity contribution in [3.63, 3.8) is 0 Å². The zero-order valence-corrected chi connectivity index (χ0v) is 65.5. The summed E-state index contributed by atoms with van der Waals surface area (Å²) in [5.41, 5.74) is 0. The fourth-order valence-electron chi connectivity index (χ4n) is 10.2. The maximum atomic E-state index is 13.1. The third kappa shape index (κ3) is 73.5. The van der Waals surface area contributed by atoms with Crippen LogP contribution in [0, 0.1) is 0 Å². The van der Waals surface area contributed by atoms with Gasteiger partial charge in [-0.05, 0) is 135 Å². The second-order valence-electron chi connectivity index (χ2n) is 25.9. The lowest BCUT2D eigenvalue weighted by atomic mass is 10.0. The number of hydrogen-bond donors (Lipinski definition) is 3. The summed E-state index contributed by atoms with van der Waals surface area (Å²) in [6, 6.07) is 0. The third-order valence-electron chi connectivity index (χ3n) is 16.1. The standard InChI is InChI=1S/C83H140O17P2/c1-5-9-13-17-21-25-29-33-35-37-38-40-42-46-48-52-56-60-64-68-81(86)94-74-79(100-83(88)70-66-62-58-54-50-44-32-28-24-20-16-12-8-4)76-98-102(91,92)96-72-77(84)71-95-101(89,90)97-75-78(99-82(87)69-65-61-57-53-49-43-31-27-23-19-15-11-7-3)73-93-80(85)67-63-59-55-51-47-45-41-39-36-34-30-26-22-18-14-10-6-2/h9-10,13-15,19,21-22,25-27,31,33-36,38,40-41,45-46,48,77-79,84H,5-8,11-12,16-18,20,23-24,28-30,32,37,39,42-44,47,49-76H2,1-4H3,(H,89,90)(H,91,92)/b13-9-,14-10-,19-15-,25-21-,26-22-,31-27-,35-33-,36-34-,40-38-,45-41-,48-46-. The first kappa shape index (κ1) is 97.2. The van der Waals surface area contributed by atoms with E-state index < -0.39 is 97.5 Å². The normalized spacial score (nSPS) is 14.6.